The van der Waals surface area contributed by atoms with Crippen LogP contribution in [0.5, 0.6) is 0 Å². The predicted octanol–water partition coefficient (Wildman–Crippen LogP) is 4.26. The van der Waals surface area contributed by atoms with E-state index in [4.69, 9.17) is 5.26 Å². The molecule has 0 aliphatic rings. The van der Waals surface area contributed by atoms with Gasteiger partial charge in [-0.3, -0.25) is 5.32 Å². The molecule has 0 saturated carbocycles. The molecule has 2 N–H and O–H groups in total. The number of H-pyrrole nitrogens is 1. The Morgan fingerprint density at radius 1 is 1.18 bits per heavy atom. The Morgan fingerprint density at radius 2 is 2.05 bits per heavy atom. The Bertz CT molecular complexity index is 840. The normalized spacial score (nSPS) is 11.4. The van der Waals surface area contributed by atoms with Gasteiger partial charge in [0.15, 0.2) is 11.4 Å². The molecule has 108 valence electrons. The first-order chi connectivity index (χ1) is 10.8. The molecule has 0 amide bonds. The summed E-state index contributed by atoms with van der Waals surface area (Å²) in [5, 5.41) is 13.0. The van der Waals surface area contributed by atoms with Gasteiger partial charge in [-0.05, 0) is 30.5 Å². The number of amidine groups is 1. The van der Waals surface area contributed by atoms with Crippen molar-refractivity contribution in [1.29, 1.82) is 5.26 Å². The second-order valence-electron chi connectivity index (χ2n) is 4.68. The lowest BCUT2D eigenvalue weighted by Crippen LogP contribution is -2.12. The molecule has 4 nitrogen and oxygen atoms in total. The molecule has 1 aromatic heterocycles. The first kappa shape index (κ1) is 14.2. The fourth-order valence-corrected chi connectivity index (χ4v) is 2.61. The van der Waals surface area contributed by atoms with Crippen molar-refractivity contribution in [2.24, 2.45) is 4.99 Å². The summed E-state index contributed by atoms with van der Waals surface area (Å²) in [5.74, 6) is 0. The summed E-state index contributed by atoms with van der Waals surface area (Å²) in [6.07, 6.45) is 3.77. The van der Waals surface area contributed by atoms with E-state index in [0.29, 0.717) is 5.17 Å². The fourth-order valence-electron chi connectivity index (χ4n) is 2.26. The zero-order valence-corrected chi connectivity index (χ0v) is 12.8. The highest BCUT2D eigenvalue weighted by Crippen LogP contribution is 2.27. The Balaban J connectivity index is 1.99. The summed E-state index contributed by atoms with van der Waals surface area (Å²) < 4.78 is 0. The highest BCUT2D eigenvalue weighted by molar-refractivity contribution is 8.13. The Kier molecular flexibility index (Phi) is 4.12. The van der Waals surface area contributed by atoms with E-state index in [1.54, 1.807) is 0 Å². The van der Waals surface area contributed by atoms with Crippen LogP contribution in [0, 0.1) is 11.5 Å². The number of aromatic nitrogens is 1. The minimum Gasteiger partial charge on any atom is -0.355 e. The van der Waals surface area contributed by atoms with Crippen molar-refractivity contribution in [3.63, 3.8) is 0 Å². The molecule has 2 aromatic carbocycles. The molecule has 0 aliphatic carbocycles. The second kappa shape index (κ2) is 6.37. The Labute approximate surface area is 132 Å². The lowest BCUT2D eigenvalue weighted by atomic mass is 10.1. The smallest absolute Gasteiger partial charge is 0.183 e. The summed E-state index contributed by atoms with van der Waals surface area (Å²) in [4.78, 5) is 7.85. The lowest BCUT2D eigenvalue weighted by Gasteiger charge is -2.02. The van der Waals surface area contributed by atoms with Crippen LogP contribution < -0.4 is 5.32 Å². The maximum absolute atomic E-state index is 8.70. The van der Waals surface area contributed by atoms with Crippen LogP contribution in [0.25, 0.3) is 22.2 Å². The second-order valence-corrected chi connectivity index (χ2v) is 5.47. The van der Waals surface area contributed by atoms with Crippen molar-refractivity contribution in [3.8, 4) is 17.5 Å². The number of fused-ring (bicyclic) bond motifs is 1. The molecule has 5 heteroatoms. The number of benzene rings is 2. The Morgan fingerprint density at radius 3 is 2.82 bits per heavy atom. The van der Waals surface area contributed by atoms with Gasteiger partial charge in [0.2, 0.25) is 0 Å². The molecule has 22 heavy (non-hydrogen) atoms. The molecule has 0 unspecified atom stereocenters. The fraction of sp³-hybridized carbons (Fsp3) is 0.0588. The van der Waals surface area contributed by atoms with Crippen LogP contribution in [-0.4, -0.2) is 16.4 Å². The number of aromatic amines is 1. The van der Waals surface area contributed by atoms with Gasteiger partial charge >= 0.3 is 0 Å². The van der Waals surface area contributed by atoms with E-state index in [9.17, 15) is 0 Å². The molecule has 1 heterocycles. The van der Waals surface area contributed by atoms with E-state index in [-0.39, 0.29) is 0 Å². The summed E-state index contributed by atoms with van der Waals surface area (Å²) in [6, 6.07) is 18.2. The molecule has 0 bridgehead atoms. The molecule has 3 rings (SSSR count). The third kappa shape index (κ3) is 2.97. The maximum Gasteiger partial charge on any atom is 0.183 e. The minimum absolute atomic E-state index is 0.580. The number of hydrogen-bond acceptors (Lipinski definition) is 3. The third-order valence-corrected chi connectivity index (χ3v) is 3.85. The van der Waals surface area contributed by atoms with Gasteiger partial charge in [-0.1, -0.05) is 42.1 Å². The average Bonchev–Trinajstić information content (AvgIpc) is 2.99. The quantitative estimate of drug-likeness (QED) is 0.322. The standard InChI is InChI=1S/C17H14N4S/c1-22-17(19-11-18)20-14-7-4-6-12(9-14)16-10-13-5-2-3-8-15(13)21-16/h2-10,21H,1H3,(H,19,20). The Hall–Kier alpha value is -2.71. The van der Waals surface area contributed by atoms with Crippen LogP contribution in [0.3, 0.4) is 0 Å². The number of aliphatic imine (C=N–C) groups is 1. The summed E-state index contributed by atoms with van der Waals surface area (Å²) in [6.45, 7) is 0. The first-order valence-corrected chi connectivity index (χ1v) is 7.98. The van der Waals surface area contributed by atoms with E-state index >= 15 is 0 Å². The number of thioether (sulfide) groups is 1. The van der Waals surface area contributed by atoms with Crippen LogP contribution in [0.4, 0.5) is 5.69 Å². The van der Waals surface area contributed by atoms with E-state index in [2.05, 4.69) is 33.5 Å². The van der Waals surface area contributed by atoms with Gasteiger partial charge in [0.1, 0.15) is 0 Å². The molecule has 0 aliphatic heterocycles. The van der Waals surface area contributed by atoms with E-state index in [1.165, 1.54) is 17.1 Å². The highest BCUT2D eigenvalue weighted by atomic mass is 32.2. The largest absolute Gasteiger partial charge is 0.355 e. The van der Waals surface area contributed by atoms with Crippen molar-refractivity contribution >= 4 is 33.5 Å². The predicted molar refractivity (Wildman–Crippen MR) is 93.1 cm³/mol. The van der Waals surface area contributed by atoms with E-state index in [1.807, 2.05) is 48.8 Å². The SMILES string of the molecule is CSC(=Nc1cccc(-c2cc3ccccc3[nH]2)c1)NC#N. The third-order valence-electron chi connectivity index (χ3n) is 3.27. The van der Waals surface area contributed by atoms with Crippen LogP contribution in [0.15, 0.2) is 59.6 Å². The van der Waals surface area contributed by atoms with Crippen LogP contribution >= 0.6 is 11.8 Å². The summed E-state index contributed by atoms with van der Waals surface area (Å²) in [5.41, 5.74) is 4.04. The molecule has 0 saturated heterocycles. The number of rotatable bonds is 2. The van der Waals surface area contributed by atoms with Crippen molar-refractivity contribution in [2.45, 2.75) is 0 Å². The van der Waals surface area contributed by atoms with Gasteiger partial charge in [-0.2, -0.15) is 5.26 Å². The zero-order valence-electron chi connectivity index (χ0n) is 12.0. The number of nitriles is 1. The topological polar surface area (TPSA) is 64.0 Å². The highest BCUT2D eigenvalue weighted by Gasteiger charge is 2.04. The monoisotopic (exact) mass is 306 g/mol. The molecule has 0 atom stereocenters. The van der Waals surface area contributed by atoms with Gasteiger partial charge < -0.3 is 4.98 Å². The van der Waals surface area contributed by atoms with E-state index < -0.39 is 0 Å². The lowest BCUT2D eigenvalue weighted by molar-refractivity contribution is 1.28. The molecule has 0 fully saturated rings. The van der Waals surface area contributed by atoms with Crippen molar-refractivity contribution in [1.82, 2.24) is 10.3 Å². The van der Waals surface area contributed by atoms with Gasteiger partial charge in [0.25, 0.3) is 0 Å². The van der Waals surface area contributed by atoms with Crippen LogP contribution in [0.1, 0.15) is 0 Å². The van der Waals surface area contributed by atoms with E-state index in [0.717, 1.165) is 22.5 Å². The van der Waals surface area contributed by atoms with Crippen molar-refractivity contribution in [2.75, 3.05) is 6.26 Å². The first-order valence-electron chi connectivity index (χ1n) is 6.76. The van der Waals surface area contributed by atoms with Crippen LogP contribution in [0.2, 0.25) is 0 Å². The molecular weight excluding hydrogens is 292 g/mol. The van der Waals surface area contributed by atoms with Gasteiger partial charge in [-0.25, -0.2) is 4.99 Å². The summed E-state index contributed by atoms with van der Waals surface area (Å²) >= 11 is 1.40. The number of nitrogens with one attached hydrogen (secondary N) is 2. The molecule has 0 radical (unpaired) electrons. The van der Waals surface area contributed by atoms with Gasteiger partial charge in [0.05, 0.1) is 5.69 Å². The zero-order chi connectivity index (χ0) is 15.4. The molecule has 0 spiro atoms. The summed E-state index contributed by atoms with van der Waals surface area (Å²) in [7, 11) is 0. The van der Waals surface area contributed by atoms with Crippen LogP contribution in [-0.2, 0) is 0 Å². The average molecular weight is 306 g/mol. The van der Waals surface area contributed by atoms with Crippen molar-refractivity contribution < 1.29 is 0 Å². The van der Waals surface area contributed by atoms with Gasteiger partial charge in [-0.15, -0.1) is 0 Å². The number of para-hydroxylation sites is 1. The number of nitrogens with zero attached hydrogens (tertiary/aromatic N) is 2. The number of hydrogen-bond donors (Lipinski definition) is 2. The van der Waals surface area contributed by atoms with Crippen molar-refractivity contribution in [3.05, 3.63) is 54.6 Å². The van der Waals surface area contributed by atoms with Gasteiger partial charge in [0, 0.05) is 22.2 Å². The molecule has 3 aromatic rings. The minimum atomic E-state index is 0.580. The maximum atomic E-state index is 8.70. The molecular formula is C17H14N4S.